The number of amides is 1. The maximum atomic E-state index is 11.0. The van der Waals surface area contributed by atoms with Crippen LogP contribution >= 0.6 is 11.6 Å². The minimum atomic E-state index is -0.439. The highest BCUT2D eigenvalue weighted by Gasteiger charge is 2.09. The highest BCUT2D eigenvalue weighted by molar-refractivity contribution is 6.66. The largest absolute Gasteiger partial charge is 0.320 e. The van der Waals surface area contributed by atoms with Crippen LogP contribution in [0, 0.1) is 6.92 Å². The average Bonchev–Trinajstić information content (AvgIpc) is 2.09. The first-order valence-corrected chi connectivity index (χ1v) is 4.56. The quantitative estimate of drug-likeness (QED) is 0.527. The van der Waals surface area contributed by atoms with E-state index >= 15 is 0 Å². The number of rotatable bonds is 2. The molecule has 0 radical (unpaired) electrons. The van der Waals surface area contributed by atoms with Crippen LogP contribution in [0.2, 0.25) is 0 Å². The number of aryl methyl sites for hydroxylation is 1. The highest BCUT2D eigenvalue weighted by Crippen LogP contribution is 2.16. The Kier molecular flexibility index (Phi) is 3.32. The van der Waals surface area contributed by atoms with Gasteiger partial charge in [-0.05, 0) is 37.6 Å². The summed E-state index contributed by atoms with van der Waals surface area (Å²) in [5.41, 5.74) is 2.01. The molecule has 0 saturated heterocycles. The first-order chi connectivity index (χ1) is 6.15. The summed E-state index contributed by atoms with van der Waals surface area (Å²) < 4.78 is 0. The van der Waals surface area contributed by atoms with Gasteiger partial charge >= 0.3 is 5.37 Å². The second-order valence-corrected chi connectivity index (χ2v) is 3.16. The Morgan fingerprint density at radius 1 is 1.38 bits per heavy atom. The highest BCUT2D eigenvalue weighted by atomic mass is 35.5. The van der Waals surface area contributed by atoms with E-state index in [0.717, 1.165) is 5.69 Å². The molecule has 0 bridgehead atoms. The molecule has 0 aliphatic rings. The summed E-state index contributed by atoms with van der Waals surface area (Å²) in [5, 5.41) is -0.439. The van der Waals surface area contributed by atoms with Crippen molar-refractivity contribution in [3.63, 3.8) is 0 Å². The van der Waals surface area contributed by atoms with Crippen molar-refractivity contribution in [2.75, 3.05) is 11.4 Å². The predicted octanol–water partition coefficient (Wildman–Crippen LogP) is 3.18. The summed E-state index contributed by atoms with van der Waals surface area (Å²) in [6.45, 7) is 4.48. The van der Waals surface area contributed by atoms with Crippen molar-refractivity contribution >= 4 is 22.7 Å². The Morgan fingerprint density at radius 3 is 2.31 bits per heavy atom. The van der Waals surface area contributed by atoms with Crippen LogP contribution in [0.4, 0.5) is 10.5 Å². The first kappa shape index (κ1) is 10.1. The lowest BCUT2D eigenvalue weighted by molar-refractivity contribution is 0.264. The van der Waals surface area contributed by atoms with Gasteiger partial charge in [-0.3, -0.25) is 9.69 Å². The molecule has 1 amide bonds. The molecule has 3 heteroatoms. The summed E-state index contributed by atoms with van der Waals surface area (Å²) >= 11 is 5.41. The van der Waals surface area contributed by atoms with Gasteiger partial charge in [-0.15, -0.1) is 0 Å². The fraction of sp³-hybridized carbons (Fsp3) is 0.300. The van der Waals surface area contributed by atoms with E-state index in [1.807, 2.05) is 38.1 Å². The summed E-state index contributed by atoms with van der Waals surface area (Å²) in [5.74, 6) is 0. The van der Waals surface area contributed by atoms with Gasteiger partial charge in [0.25, 0.3) is 0 Å². The van der Waals surface area contributed by atoms with Crippen molar-refractivity contribution in [1.82, 2.24) is 0 Å². The fourth-order valence-corrected chi connectivity index (χ4v) is 1.35. The van der Waals surface area contributed by atoms with Crippen molar-refractivity contribution in [3.8, 4) is 0 Å². The lowest BCUT2D eigenvalue weighted by atomic mass is 10.2. The lowest BCUT2D eigenvalue weighted by Gasteiger charge is -2.17. The van der Waals surface area contributed by atoms with E-state index in [0.29, 0.717) is 6.54 Å². The molecule has 0 atom stereocenters. The van der Waals surface area contributed by atoms with Gasteiger partial charge in [0, 0.05) is 12.2 Å². The molecule has 0 saturated carbocycles. The number of nitrogens with zero attached hydrogens (tertiary/aromatic N) is 1. The average molecular weight is 198 g/mol. The number of anilines is 1. The Morgan fingerprint density at radius 2 is 1.92 bits per heavy atom. The number of carbonyl (C=O) groups excluding carboxylic acids is 1. The molecule has 0 aliphatic heterocycles. The number of carbonyl (C=O) groups is 1. The normalized spacial score (nSPS) is 9.77. The number of hydrogen-bond donors (Lipinski definition) is 0. The molecule has 70 valence electrons. The molecule has 0 N–H and O–H groups in total. The minimum Gasteiger partial charge on any atom is -0.299 e. The van der Waals surface area contributed by atoms with Crippen molar-refractivity contribution in [2.24, 2.45) is 0 Å². The maximum Gasteiger partial charge on any atom is 0.320 e. The molecule has 0 unspecified atom stereocenters. The monoisotopic (exact) mass is 197 g/mol. The zero-order valence-corrected chi connectivity index (χ0v) is 8.51. The SMILES string of the molecule is CCN(C(=O)Cl)c1ccc(C)cc1. The lowest BCUT2D eigenvalue weighted by Crippen LogP contribution is -2.24. The first-order valence-electron chi connectivity index (χ1n) is 4.19. The number of benzene rings is 1. The third-order valence-corrected chi connectivity index (χ3v) is 2.08. The summed E-state index contributed by atoms with van der Waals surface area (Å²) in [6.07, 6.45) is 0. The van der Waals surface area contributed by atoms with Gasteiger partial charge in [-0.2, -0.15) is 0 Å². The number of halogens is 1. The zero-order valence-electron chi connectivity index (χ0n) is 7.75. The van der Waals surface area contributed by atoms with Gasteiger partial charge in [-0.1, -0.05) is 17.7 Å². The standard InChI is InChI=1S/C10H12ClNO/c1-3-12(10(11)13)9-6-4-8(2)5-7-9/h4-7H,3H2,1-2H3. The Bertz CT molecular complexity index is 294. The molecule has 1 rings (SSSR count). The zero-order chi connectivity index (χ0) is 9.84. The van der Waals surface area contributed by atoms with Crippen LogP contribution in [-0.2, 0) is 0 Å². The van der Waals surface area contributed by atoms with Gasteiger partial charge in [-0.25, -0.2) is 0 Å². The van der Waals surface area contributed by atoms with Crippen molar-refractivity contribution < 1.29 is 4.79 Å². The van der Waals surface area contributed by atoms with Gasteiger partial charge in [0.2, 0.25) is 0 Å². The molecule has 2 nitrogen and oxygen atoms in total. The molecule has 1 aromatic rings. The molecule has 0 heterocycles. The van der Waals surface area contributed by atoms with Crippen LogP contribution in [0.15, 0.2) is 24.3 Å². The van der Waals surface area contributed by atoms with Crippen molar-refractivity contribution in [3.05, 3.63) is 29.8 Å². The van der Waals surface area contributed by atoms with Gasteiger partial charge in [0.05, 0.1) is 0 Å². The van der Waals surface area contributed by atoms with E-state index in [1.165, 1.54) is 10.5 Å². The molecule has 0 fully saturated rings. The van der Waals surface area contributed by atoms with Crippen molar-refractivity contribution in [1.29, 1.82) is 0 Å². The molecule has 0 aromatic heterocycles. The smallest absolute Gasteiger partial charge is 0.299 e. The molecule has 0 spiro atoms. The molecule has 13 heavy (non-hydrogen) atoms. The van der Waals surface area contributed by atoms with Gasteiger partial charge < -0.3 is 0 Å². The maximum absolute atomic E-state index is 11.0. The molecular formula is C10H12ClNO. The second-order valence-electron chi connectivity index (χ2n) is 2.83. The van der Waals surface area contributed by atoms with E-state index in [2.05, 4.69) is 0 Å². The van der Waals surface area contributed by atoms with Crippen LogP contribution in [-0.4, -0.2) is 11.9 Å². The van der Waals surface area contributed by atoms with Crippen molar-refractivity contribution in [2.45, 2.75) is 13.8 Å². The van der Waals surface area contributed by atoms with E-state index in [-0.39, 0.29) is 0 Å². The van der Waals surface area contributed by atoms with Gasteiger partial charge in [0.1, 0.15) is 0 Å². The third kappa shape index (κ3) is 2.46. The Hall–Kier alpha value is -1.02. The van der Waals surface area contributed by atoms with Crippen LogP contribution in [0.1, 0.15) is 12.5 Å². The second kappa shape index (κ2) is 4.28. The van der Waals surface area contributed by atoms with Gasteiger partial charge in [0.15, 0.2) is 0 Å². The predicted molar refractivity (Wildman–Crippen MR) is 55.4 cm³/mol. The van der Waals surface area contributed by atoms with E-state index in [4.69, 9.17) is 11.6 Å². The summed E-state index contributed by atoms with van der Waals surface area (Å²) in [7, 11) is 0. The van der Waals surface area contributed by atoms with E-state index < -0.39 is 5.37 Å². The molecule has 0 aliphatic carbocycles. The Balaban J connectivity index is 2.92. The van der Waals surface area contributed by atoms with Crippen LogP contribution in [0.5, 0.6) is 0 Å². The summed E-state index contributed by atoms with van der Waals surface area (Å²) in [4.78, 5) is 12.5. The van der Waals surface area contributed by atoms with Crippen LogP contribution in [0.3, 0.4) is 0 Å². The topological polar surface area (TPSA) is 20.3 Å². The number of hydrogen-bond acceptors (Lipinski definition) is 1. The molecule has 1 aromatic carbocycles. The Labute approximate surface area is 83.1 Å². The summed E-state index contributed by atoms with van der Waals surface area (Å²) in [6, 6.07) is 7.69. The van der Waals surface area contributed by atoms with Crippen LogP contribution in [0.25, 0.3) is 0 Å². The third-order valence-electron chi connectivity index (χ3n) is 1.87. The minimum absolute atomic E-state index is 0.439. The van der Waals surface area contributed by atoms with E-state index in [9.17, 15) is 4.79 Å². The van der Waals surface area contributed by atoms with Crippen LogP contribution < -0.4 is 4.90 Å². The fourth-order valence-electron chi connectivity index (χ4n) is 1.13. The van der Waals surface area contributed by atoms with E-state index in [1.54, 1.807) is 0 Å². The molecular weight excluding hydrogens is 186 g/mol.